The molecule has 1 rings (SSSR count). The average Bonchev–Trinajstić information content (AvgIpc) is 2.25. The van der Waals surface area contributed by atoms with Gasteiger partial charge in [-0.05, 0) is 12.1 Å². The minimum atomic E-state index is 0.910. The Kier molecular flexibility index (Phi) is 13.2. The average molecular weight is 166 g/mol. The Balaban J connectivity index is 0. The van der Waals surface area contributed by atoms with Crippen molar-refractivity contribution in [3.63, 3.8) is 0 Å². The SMILES string of the molecule is C=C.C=O.COc1ccccc1. The molecule has 0 atom stereocenters. The maximum atomic E-state index is 8.00. The lowest BCUT2D eigenvalue weighted by Crippen LogP contribution is -1.78. The van der Waals surface area contributed by atoms with Gasteiger partial charge >= 0.3 is 0 Å². The van der Waals surface area contributed by atoms with Crippen LogP contribution in [0.25, 0.3) is 0 Å². The van der Waals surface area contributed by atoms with Gasteiger partial charge in [-0.3, -0.25) is 0 Å². The Hall–Kier alpha value is -1.57. The Morgan fingerprint density at radius 2 is 1.50 bits per heavy atom. The second kappa shape index (κ2) is 12.1. The fourth-order valence-corrected chi connectivity index (χ4v) is 0.557. The Labute approximate surface area is 73.5 Å². The van der Waals surface area contributed by atoms with Crippen molar-refractivity contribution in [2.75, 3.05) is 7.11 Å². The molecule has 1 aromatic rings. The van der Waals surface area contributed by atoms with Crippen LogP contribution >= 0.6 is 0 Å². The Bertz CT molecular complexity index is 170. The minimum absolute atomic E-state index is 0.910. The van der Waals surface area contributed by atoms with Crippen LogP contribution in [0.4, 0.5) is 0 Å². The van der Waals surface area contributed by atoms with Crippen LogP contribution in [-0.2, 0) is 4.79 Å². The zero-order valence-corrected chi connectivity index (χ0v) is 7.32. The van der Waals surface area contributed by atoms with Gasteiger partial charge in [-0.25, -0.2) is 0 Å². The number of benzene rings is 1. The largest absolute Gasteiger partial charge is 0.497 e. The maximum absolute atomic E-state index is 8.00. The predicted molar refractivity (Wildman–Crippen MR) is 51.4 cm³/mol. The second-order valence-electron chi connectivity index (χ2n) is 1.52. The van der Waals surface area contributed by atoms with Crippen molar-refractivity contribution < 1.29 is 9.53 Å². The van der Waals surface area contributed by atoms with E-state index in [1.165, 1.54) is 0 Å². The number of carbonyl (C=O) groups excluding carboxylic acids is 1. The molecule has 0 saturated carbocycles. The van der Waals surface area contributed by atoms with Gasteiger partial charge in [0.1, 0.15) is 12.5 Å². The summed E-state index contributed by atoms with van der Waals surface area (Å²) >= 11 is 0. The summed E-state index contributed by atoms with van der Waals surface area (Å²) in [4.78, 5) is 8.00. The van der Waals surface area contributed by atoms with E-state index >= 15 is 0 Å². The van der Waals surface area contributed by atoms with E-state index < -0.39 is 0 Å². The molecule has 0 aliphatic rings. The first-order valence-corrected chi connectivity index (χ1v) is 3.31. The lowest BCUT2D eigenvalue weighted by Gasteiger charge is -1.93. The van der Waals surface area contributed by atoms with Crippen LogP contribution < -0.4 is 4.74 Å². The summed E-state index contributed by atoms with van der Waals surface area (Å²) in [6, 6.07) is 9.68. The van der Waals surface area contributed by atoms with E-state index in [1.54, 1.807) is 7.11 Å². The van der Waals surface area contributed by atoms with E-state index in [4.69, 9.17) is 9.53 Å². The van der Waals surface area contributed by atoms with Crippen LogP contribution in [0, 0.1) is 0 Å². The van der Waals surface area contributed by atoms with E-state index in [0.29, 0.717) is 0 Å². The highest BCUT2D eigenvalue weighted by Gasteiger charge is 1.80. The van der Waals surface area contributed by atoms with Crippen LogP contribution in [-0.4, -0.2) is 13.9 Å². The predicted octanol–water partition coefficient (Wildman–Crippen LogP) is 2.31. The molecule has 1 aromatic carbocycles. The first-order chi connectivity index (χ1) is 5.93. The topological polar surface area (TPSA) is 26.3 Å². The molecular formula is C10H14O2. The van der Waals surface area contributed by atoms with Crippen molar-refractivity contribution in [1.82, 2.24) is 0 Å². The van der Waals surface area contributed by atoms with Crippen LogP contribution in [0.3, 0.4) is 0 Å². The molecule has 0 amide bonds. The number of rotatable bonds is 1. The van der Waals surface area contributed by atoms with Crippen molar-refractivity contribution in [3.05, 3.63) is 43.5 Å². The number of methoxy groups -OCH3 is 1. The monoisotopic (exact) mass is 166 g/mol. The van der Waals surface area contributed by atoms with Crippen molar-refractivity contribution >= 4 is 6.79 Å². The summed E-state index contributed by atoms with van der Waals surface area (Å²) in [7, 11) is 1.66. The van der Waals surface area contributed by atoms with Gasteiger partial charge in [0.25, 0.3) is 0 Å². The molecule has 2 nitrogen and oxygen atoms in total. The highest BCUT2D eigenvalue weighted by Crippen LogP contribution is 2.05. The van der Waals surface area contributed by atoms with Crippen LogP contribution in [0.2, 0.25) is 0 Å². The molecule has 0 aliphatic carbocycles. The van der Waals surface area contributed by atoms with E-state index in [0.717, 1.165) is 5.75 Å². The van der Waals surface area contributed by atoms with E-state index in [2.05, 4.69) is 13.2 Å². The molecular weight excluding hydrogens is 152 g/mol. The Morgan fingerprint density at radius 1 is 1.08 bits per heavy atom. The first kappa shape index (κ1) is 13.1. The molecule has 2 heteroatoms. The fraction of sp³-hybridized carbons (Fsp3) is 0.100. The normalized spacial score (nSPS) is 6.42. The van der Waals surface area contributed by atoms with Gasteiger partial charge in [0.05, 0.1) is 7.11 Å². The molecule has 0 spiro atoms. The molecule has 0 unspecified atom stereocenters. The number of carbonyl (C=O) groups is 1. The summed E-state index contributed by atoms with van der Waals surface area (Å²) in [5, 5.41) is 0. The van der Waals surface area contributed by atoms with Crippen molar-refractivity contribution in [1.29, 1.82) is 0 Å². The first-order valence-electron chi connectivity index (χ1n) is 3.31. The zero-order valence-electron chi connectivity index (χ0n) is 7.32. The fourth-order valence-electron chi connectivity index (χ4n) is 0.557. The number of hydrogen-bond acceptors (Lipinski definition) is 2. The highest BCUT2D eigenvalue weighted by atomic mass is 16.5. The van der Waals surface area contributed by atoms with E-state index in [9.17, 15) is 0 Å². The second-order valence-corrected chi connectivity index (χ2v) is 1.52. The van der Waals surface area contributed by atoms with E-state index in [1.807, 2.05) is 37.1 Å². The third-order valence-electron chi connectivity index (χ3n) is 0.979. The number of hydrogen-bond donors (Lipinski definition) is 0. The van der Waals surface area contributed by atoms with Crippen molar-refractivity contribution in [2.45, 2.75) is 0 Å². The number of ether oxygens (including phenoxy) is 1. The molecule has 0 aliphatic heterocycles. The third-order valence-corrected chi connectivity index (χ3v) is 0.979. The molecule has 0 N–H and O–H groups in total. The lowest BCUT2D eigenvalue weighted by molar-refractivity contribution is -0.0979. The zero-order chi connectivity index (χ0) is 9.82. The molecule has 0 saturated heterocycles. The standard InChI is InChI=1S/C7H8O.C2H4.CH2O/c1-8-7-5-3-2-4-6-7;2*1-2/h2-6H,1H3;1-2H2;1H2. The van der Waals surface area contributed by atoms with Gasteiger partial charge in [0, 0.05) is 0 Å². The van der Waals surface area contributed by atoms with Gasteiger partial charge < -0.3 is 9.53 Å². The summed E-state index contributed by atoms with van der Waals surface area (Å²) in [6.45, 7) is 8.00. The summed E-state index contributed by atoms with van der Waals surface area (Å²) < 4.78 is 4.91. The van der Waals surface area contributed by atoms with Crippen LogP contribution in [0.1, 0.15) is 0 Å². The molecule has 0 fully saturated rings. The Morgan fingerprint density at radius 3 is 1.75 bits per heavy atom. The van der Waals surface area contributed by atoms with Gasteiger partial charge in [-0.2, -0.15) is 0 Å². The van der Waals surface area contributed by atoms with Crippen LogP contribution in [0.15, 0.2) is 43.5 Å². The summed E-state index contributed by atoms with van der Waals surface area (Å²) in [5.41, 5.74) is 0. The number of para-hydroxylation sites is 1. The lowest BCUT2D eigenvalue weighted by atomic mass is 10.3. The van der Waals surface area contributed by atoms with Gasteiger partial charge in [-0.1, -0.05) is 18.2 Å². The third kappa shape index (κ3) is 6.55. The quantitative estimate of drug-likeness (QED) is 0.598. The van der Waals surface area contributed by atoms with Gasteiger partial charge in [0.2, 0.25) is 0 Å². The molecule has 0 heterocycles. The molecule has 0 aromatic heterocycles. The minimum Gasteiger partial charge on any atom is -0.497 e. The molecule has 66 valence electrons. The van der Waals surface area contributed by atoms with E-state index in [-0.39, 0.29) is 0 Å². The summed E-state index contributed by atoms with van der Waals surface area (Å²) in [6.07, 6.45) is 0. The van der Waals surface area contributed by atoms with Gasteiger partial charge in [0.15, 0.2) is 0 Å². The smallest absolute Gasteiger partial charge is 0.118 e. The molecule has 0 bridgehead atoms. The molecule has 12 heavy (non-hydrogen) atoms. The van der Waals surface area contributed by atoms with Gasteiger partial charge in [-0.15, -0.1) is 13.2 Å². The molecule has 0 radical (unpaired) electrons. The van der Waals surface area contributed by atoms with Crippen molar-refractivity contribution in [2.24, 2.45) is 0 Å². The van der Waals surface area contributed by atoms with Crippen molar-refractivity contribution in [3.8, 4) is 5.75 Å². The summed E-state index contributed by atoms with van der Waals surface area (Å²) in [5.74, 6) is 0.910. The van der Waals surface area contributed by atoms with Crippen LogP contribution in [0.5, 0.6) is 5.75 Å². The highest BCUT2D eigenvalue weighted by molar-refractivity contribution is 5.20. The maximum Gasteiger partial charge on any atom is 0.118 e.